The largest absolute Gasteiger partial charge is 0.454 e. The number of hydrogen-bond acceptors (Lipinski definition) is 6. The van der Waals surface area contributed by atoms with Crippen LogP contribution in [0.1, 0.15) is 34.6 Å². The first kappa shape index (κ1) is 20.4. The standard InChI is InChI=1S/C20H15ClF3N5O3/c21-18-11(2-1-5-25-18)27-19(30)13-8-17-26-12(7-16(20(22,23)24)29(17)28-13)10-3-4-14-15(6-10)32-9-31-14/h1-6,8,12,16,26H,7,9H2,(H,27,30)/t12-,16+/m0/s1. The SMILES string of the molecule is O=C(Nc1cccnc1Cl)c1cc2n(n1)[C@@H](C(F)(F)F)C[C@@H](c1ccc3c(c1)OCO3)N2. The van der Waals surface area contributed by atoms with Crippen LogP contribution in [0.3, 0.4) is 0 Å². The van der Waals surface area contributed by atoms with Crippen LogP contribution < -0.4 is 20.1 Å². The lowest BCUT2D eigenvalue weighted by atomic mass is 9.96. The molecule has 4 heterocycles. The molecule has 0 unspecified atom stereocenters. The summed E-state index contributed by atoms with van der Waals surface area (Å²) in [6.45, 7) is 0.0637. The smallest absolute Gasteiger partial charge is 0.410 e. The van der Waals surface area contributed by atoms with Gasteiger partial charge in [-0.25, -0.2) is 9.67 Å². The minimum atomic E-state index is -4.57. The van der Waals surface area contributed by atoms with E-state index < -0.39 is 24.2 Å². The Morgan fingerprint density at radius 2 is 2.03 bits per heavy atom. The second kappa shape index (κ2) is 7.59. The average molecular weight is 466 g/mol. The van der Waals surface area contributed by atoms with Gasteiger partial charge in [-0.3, -0.25) is 4.79 Å². The molecule has 166 valence electrons. The number of rotatable bonds is 3. The Kier molecular flexibility index (Phi) is 4.85. The van der Waals surface area contributed by atoms with Crippen molar-refractivity contribution in [3.8, 4) is 11.5 Å². The van der Waals surface area contributed by atoms with Crippen LogP contribution in [0.2, 0.25) is 5.15 Å². The third-order valence-electron chi connectivity index (χ3n) is 5.23. The highest BCUT2D eigenvalue weighted by Gasteiger charge is 2.47. The molecule has 2 aliphatic rings. The molecule has 0 radical (unpaired) electrons. The number of alkyl halides is 3. The normalized spacial score (nSPS) is 19.2. The minimum absolute atomic E-state index is 0.0546. The quantitative estimate of drug-likeness (QED) is 0.551. The van der Waals surface area contributed by atoms with Gasteiger partial charge >= 0.3 is 6.18 Å². The van der Waals surface area contributed by atoms with Gasteiger partial charge in [0, 0.05) is 18.7 Å². The maximum atomic E-state index is 13.9. The van der Waals surface area contributed by atoms with Crippen LogP contribution in [0.5, 0.6) is 11.5 Å². The fourth-order valence-electron chi connectivity index (χ4n) is 3.70. The first-order valence-corrected chi connectivity index (χ1v) is 9.91. The predicted molar refractivity (Wildman–Crippen MR) is 108 cm³/mol. The molecule has 8 nitrogen and oxygen atoms in total. The van der Waals surface area contributed by atoms with Crippen molar-refractivity contribution in [1.29, 1.82) is 0 Å². The highest BCUT2D eigenvalue weighted by Crippen LogP contribution is 2.45. The van der Waals surface area contributed by atoms with E-state index in [-0.39, 0.29) is 35.6 Å². The lowest BCUT2D eigenvalue weighted by Crippen LogP contribution is -2.35. The Hall–Kier alpha value is -3.47. The first-order valence-electron chi connectivity index (χ1n) is 9.54. The van der Waals surface area contributed by atoms with E-state index in [0.717, 1.165) is 4.68 Å². The second-order valence-electron chi connectivity index (χ2n) is 7.26. The zero-order valence-electron chi connectivity index (χ0n) is 16.2. The Bertz CT molecular complexity index is 1200. The van der Waals surface area contributed by atoms with Gasteiger partial charge in [-0.1, -0.05) is 17.7 Å². The molecule has 0 saturated heterocycles. The summed E-state index contributed by atoms with van der Waals surface area (Å²) in [6.07, 6.45) is -3.44. The highest BCUT2D eigenvalue weighted by molar-refractivity contribution is 6.32. The van der Waals surface area contributed by atoms with Crippen molar-refractivity contribution in [2.75, 3.05) is 17.4 Å². The lowest BCUT2D eigenvalue weighted by Gasteiger charge is -2.33. The van der Waals surface area contributed by atoms with Gasteiger partial charge in [0.2, 0.25) is 6.79 Å². The molecule has 0 bridgehead atoms. The summed E-state index contributed by atoms with van der Waals surface area (Å²) in [6, 6.07) is 6.76. The summed E-state index contributed by atoms with van der Waals surface area (Å²) >= 11 is 5.94. The zero-order chi connectivity index (χ0) is 22.5. The molecule has 0 fully saturated rings. The van der Waals surface area contributed by atoms with E-state index in [4.69, 9.17) is 21.1 Å². The average Bonchev–Trinajstić information content (AvgIpc) is 3.40. The molecule has 2 atom stereocenters. The van der Waals surface area contributed by atoms with E-state index in [9.17, 15) is 18.0 Å². The number of amides is 1. The van der Waals surface area contributed by atoms with Gasteiger partial charge in [0.1, 0.15) is 5.82 Å². The molecule has 2 aromatic heterocycles. The van der Waals surface area contributed by atoms with Gasteiger partial charge in [0.05, 0.1) is 11.7 Å². The third kappa shape index (κ3) is 3.68. The number of pyridine rings is 1. The van der Waals surface area contributed by atoms with Gasteiger partial charge in [0.15, 0.2) is 28.4 Å². The summed E-state index contributed by atoms with van der Waals surface area (Å²) in [5.41, 5.74) is 0.640. The van der Waals surface area contributed by atoms with Crippen molar-refractivity contribution in [2.45, 2.75) is 24.7 Å². The molecule has 5 rings (SSSR count). The first-order chi connectivity index (χ1) is 15.3. The van der Waals surface area contributed by atoms with Crippen molar-refractivity contribution >= 4 is 29.0 Å². The molecule has 1 amide bonds. The van der Waals surface area contributed by atoms with Crippen molar-refractivity contribution < 1.29 is 27.4 Å². The summed E-state index contributed by atoms with van der Waals surface area (Å²) in [4.78, 5) is 16.5. The maximum absolute atomic E-state index is 13.9. The summed E-state index contributed by atoms with van der Waals surface area (Å²) < 4.78 is 53.0. The van der Waals surface area contributed by atoms with Gasteiger partial charge in [0.25, 0.3) is 5.91 Å². The van der Waals surface area contributed by atoms with E-state index in [2.05, 4.69) is 20.7 Å². The molecule has 12 heteroatoms. The van der Waals surface area contributed by atoms with Gasteiger partial charge in [-0.2, -0.15) is 18.3 Å². The molecular weight excluding hydrogens is 451 g/mol. The molecule has 2 N–H and O–H groups in total. The lowest BCUT2D eigenvalue weighted by molar-refractivity contribution is -0.173. The third-order valence-corrected chi connectivity index (χ3v) is 5.53. The number of anilines is 2. The summed E-state index contributed by atoms with van der Waals surface area (Å²) in [5.74, 6) is 0.378. The van der Waals surface area contributed by atoms with E-state index in [1.165, 1.54) is 18.3 Å². The van der Waals surface area contributed by atoms with Crippen molar-refractivity contribution in [2.24, 2.45) is 0 Å². The Balaban J connectivity index is 1.46. The Morgan fingerprint density at radius 1 is 1.22 bits per heavy atom. The summed E-state index contributed by atoms with van der Waals surface area (Å²) in [7, 11) is 0. The maximum Gasteiger partial charge on any atom is 0.410 e. The molecule has 0 spiro atoms. The highest BCUT2D eigenvalue weighted by atomic mass is 35.5. The number of carbonyl (C=O) groups excluding carboxylic acids is 1. The number of halogens is 4. The minimum Gasteiger partial charge on any atom is -0.454 e. The van der Waals surface area contributed by atoms with Crippen molar-refractivity contribution in [1.82, 2.24) is 14.8 Å². The fraction of sp³-hybridized carbons (Fsp3) is 0.250. The van der Waals surface area contributed by atoms with Crippen LogP contribution in [-0.4, -0.2) is 33.6 Å². The van der Waals surface area contributed by atoms with Gasteiger partial charge in [-0.15, -0.1) is 0 Å². The Labute approximate surface area is 184 Å². The topological polar surface area (TPSA) is 90.3 Å². The number of nitrogens with zero attached hydrogens (tertiary/aromatic N) is 3. The number of ether oxygens (including phenoxy) is 2. The molecule has 0 saturated carbocycles. The molecule has 2 aliphatic heterocycles. The number of carbonyl (C=O) groups is 1. The zero-order valence-corrected chi connectivity index (χ0v) is 16.9. The van der Waals surface area contributed by atoms with Gasteiger partial charge < -0.3 is 20.1 Å². The van der Waals surface area contributed by atoms with Gasteiger partial charge in [-0.05, 0) is 29.8 Å². The van der Waals surface area contributed by atoms with Crippen LogP contribution in [0, 0.1) is 0 Å². The van der Waals surface area contributed by atoms with E-state index in [1.54, 1.807) is 24.3 Å². The fourth-order valence-corrected chi connectivity index (χ4v) is 3.87. The van der Waals surface area contributed by atoms with Crippen LogP contribution >= 0.6 is 11.6 Å². The van der Waals surface area contributed by atoms with Crippen LogP contribution in [0.4, 0.5) is 24.7 Å². The summed E-state index contributed by atoms with van der Waals surface area (Å²) in [5, 5.41) is 9.53. The molecule has 32 heavy (non-hydrogen) atoms. The van der Waals surface area contributed by atoms with Crippen LogP contribution in [0.15, 0.2) is 42.6 Å². The Morgan fingerprint density at radius 3 is 2.81 bits per heavy atom. The number of aromatic nitrogens is 3. The molecule has 0 aliphatic carbocycles. The van der Waals surface area contributed by atoms with E-state index in [0.29, 0.717) is 17.1 Å². The van der Waals surface area contributed by atoms with Crippen molar-refractivity contribution in [3.63, 3.8) is 0 Å². The predicted octanol–water partition coefficient (Wildman–Crippen LogP) is 4.57. The van der Waals surface area contributed by atoms with E-state index in [1.807, 2.05) is 0 Å². The molecule has 1 aromatic carbocycles. The van der Waals surface area contributed by atoms with Crippen LogP contribution in [0.25, 0.3) is 0 Å². The second-order valence-corrected chi connectivity index (χ2v) is 7.62. The molecule has 3 aromatic rings. The monoisotopic (exact) mass is 465 g/mol. The van der Waals surface area contributed by atoms with E-state index >= 15 is 0 Å². The number of fused-ring (bicyclic) bond motifs is 2. The van der Waals surface area contributed by atoms with Crippen LogP contribution in [-0.2, 0) is 0 Å². The number of nitrogens with one attached hydrogen (secondary N) is 2. The number of benzene rings is 1. The van der Waals surface area contributed by atoms with Crippen molar-refractivity contribution in [3.05, 3.63) is 59.0 Å². The molecular formula is C20H15ClF3N5O3. The number of hydrogen-bond donors (Lipinski definition) is 2.